The highest BCUT2D eigenvalue weighted by molar-refractivity contribution is 9.10. The predicted octanol–water partition coefficient (Wildman–Crippen LogP) is 2.61. The van der Waals surface area contributed by atoms with E-state index in [9.17, 15) is 14.4 Å². The summed E-state index contributed by atoms with van der Waals surface area (Å²) < 4.78 is 6.01. The van der Waals surface area contributed by atoms with Crippen LogP contribution in [0, 0.1) is 0 Å². The van der Waals surface area contributed by atoms with Crippen molar-refractivity contribution in [3.8, 4) is 0 Å². The molecule has 1 aromatic rings. The van der Waals surface area contributed by atoms with E-state index in [0.29, 0.717) is 15.7 Å². The van der Waals surface area contributed by atoms with Crippen molar-refractivity contribution in [2.45, 2.75) is 50.7 Å². The summed E-state index contributed by atoms with van der Waals surface area (Å²) >= 11 is 3.34. The highest BCUT2D eigenvalue weighted by Gasteiger charge is 2.57. The van der Waals surface area contributed by atoms with E-state index >= 15 is 0 Å². The Morgan fingerprint density at radius 3 is 2.67 bits per heavy atom. The summed E-state index contributed by atoms with van der Waals surface area (Å²) in [4.78, 5) is 37.3. The minimum Gasteiger partial charge on any atom is -0.434 e. The monoisotopic (exact) mass is 394 g/mol. The molecule has 0 aromatic heterocycles. The molecular formula is C17H19BrN2O4. The van der Waals surface area contributed by atoms with Gasteiger partial charge in [-0.1, -0.05) is 35.2 Å². The third-order valence-corrected chi connectivity index (χ3v) is 4.98. The SMILES string of the molecule is CC(=O)OC1(C(=O)NC2CCCCC2)C(=O)Nc2ccc(Br)cc21. The zero-order chi connectivity index (χ0) is 17.3. The topological polar surface area (TPSA) is 84.5 Å². The minimum absolute atomic E-state index is 0.00249. The number of carbonyl (C=O) groups is 3. The number of esters is 1. The van der Waals surface area contributed by atoms with Crippen LogP contribution >= 0.6 is 15.9 Å². The Morgan fingerprint density at radius 2 is 2.00 bits per heavy atom. The van der Waals surface area contributed by atoms with Crippen LogP contribution in [-0.2, 0) is 24.7 Å². The van der Waals surface area contributed by atoms with Crippen LogP contribution in [-0.4, -0.2) is 23.8 Å². The normalized spacial score (nSPS) is 23.3. The fourth-order valence-electron chi connectivity index (χ4n) is 3.37. The Morgan fingerprint density at radius 1 is 1.29 bits per heavy atom. The summed E-state index contributed by atoms with van der Waals surface area (Å²) in [5.74, 6) is -1.91. The molecule has 0 saturated heterocycles. The van der Waals surface area contributed by atoms with E-state index in [2.05, 4.69) is 26.6 Å². The number of rotatable bonds is 3. The lowest BCUT2D eigenvalue weighted by Gasteiger charge is -2.30. The quantitative estimate of drug-likeness (QED) is 0.609. The first kappa shape index (κ1) is 17.0. The van der Waals surface area contributed by atoms with Gasteiger partial charge in [-0.25, -0.2) is 0 Å². The predicted molar refractivity (Wildman–Crippen MR) is 91.2 cm³/mol. The van der Waals surface area contributed by atoms with Gasteiger partial charge in [0.2, 0.25) is 0 Å². The molecule has 0 spiro atoms. The summed E-state index contributed by atoms with van der Waals surface area (Å²) in [6, 6.07) is 5.07. The molecule has 1 unspecified atom stereocenters. The Bertz CT molecular complexity index is 700. The maximum atomic E-state index is 13.0. The average molecular weight is 395 g/mol. The lowest BCUT2D eigenvalue weighted by Crippen LogP contribution is -2.54. The van der Waals surface area contributed by atoms with E-state index in [0.717, 1.165) is 32.1 Å². The second-order valence-corrected chi connectivity index (χ2v) is 7.14. The van der Waals surface area contributed by atoms with Crippen LogP contribution in [0.2, 0.25) is 0 Å². The van der Waals surface area contributed by atoms with Gasteiger partial charge in [-0.3, -0.25) is 14.4 Å². The van der Waals surface area contributed by atoms with Gasteiger partial charge in [0.1, 0.15) is 0 Å². The highest BCUT2D eigenvalue weighted by atomic mass is 79.9. The fourth-order valence-corrected chi connectivity index (χ4v) is 3.73. The Labute approximate surface area is 148 Å². The number of hydrogen-bond donors (Lipinski definition) is 2. The molecule has 1 fully saturated rings. The zero-order valence-corrected chi connectivity index (χ0v) is 14.9. The highest BCUT2D eigenvalue weighted by Crippen LogP contribution is 2.41. The third-order valence-electron chi connectivity index (χ3n) is 4.49. The van der Waals surface area contributed by atoms with Gasteiger partial charge in [-0.05, 0) is 31.0 Å². The second kappa shape index (κ2) is 6.55. The third kappa shape index (κ3) is 2.92. The number of nitrogens with one attached hydrogen (secondary N) is 2. The molecule has 6 nitrogen and oxygen atoms in total. The van der Waals surface area contributed by atoms with E-state index < -0.39 is 23.4 Å². The molecule has 1 atom stereocenters. The summed E-state index contributed by atoms with van der Waals surface area (Å²) in [5, 5.41) is 5.55. The van der Waals surface area contributed by atoms with Gasteiger partial charge in [-0.2, -0.15) is 0 Å². The molecule has 2 N–H and O–H groups in total. The maximum absolute atomic E-state index is 13.0. The van der Waals surface area contributed by atoms with Crippen LogP contribution in [0.3, 0.4) is 0 Å². The van der Waals surface area contributed by atoms with E-state index in [1.54, 1.807) is 18.2 Å². The fraction of sp³-hybridized carbons (Fsp3) is 0.471. The summed E-state index contributed by atoms with van der Waals surface area (Å²) in [6.07, 6.45) is 4.97. The van der Waals surface area contributed by atoms with Gasteiger partial charge in [0, 0.05) is 28.7 Å². The van der Waals surface area contributed by atoms with Crippen molar-refractivity contribution in [1.82, 2.24) is 5.32 Å². The van der Waals surface area contributed by atoms with Crippen molar-refractivity contribution in [1.29, 1.82) is 0 Å². The lowest BCUT2D eigenvalue weighted by molar-refractivity contribution is -0.172. The van der Waals surface area contributed by atoms with Gasteiger partial charge in [0.25, 0.3) is 17.4 Å². The molecule has 1 heterocycles. The number of hydrogen-bond acceptors (Lipinski definition) is 4. The first-order valence-corrected chi connectivity index (χ1v) is 8.85. The lowest BCUT2D eigenvalue weighted by atomic mass is 9.91. The molecule has 0 bridgehead atoms. The van der Waals surface area contributed by atoms with Crippen molar-refractivity contribution in [2.24, 2.45) is 0 Å². The van der Waals surface area contributed by atoms with Crippen LogP contribution in [0.25, 0.3) is 0 Å². The second-order valence-electron chi connectivity index (χ2n) is 6.23. The molecule has 24 heavy (non-hydrogen) atoms. The molecule has 2 amide bonds. The molecule has 1 aliphatic carbocycles. The summed E-state index contributed by atoms with van der Waals surface area (Å²) in [7, 11) is 0. The number of halogens is 1. The number of amides is 2. The number of carbonyl (C=O) groups excluding carboxylic acids is 3. The molecule has 7 heteroatoms. The van der Waals surface area contributed by atoms with Crippen LogP contribution in [0.1, 0.15) is 44.6 Å². The van der Waals surface area contributed by atoms with Crippen molar-refractivity contribution in [3.05, 3.63) is 28.2 Å². The van der Waals surface area contributed by atoms with E-state index in [-0.39, 0.29) is 6.04 Å². The van der Waals surface area contributed by atoms with Gasteiger partial charge in [0.15, 0.2) is 0 Å². The van der Waals surface area contributed by atoms with Crippen molar-refractivity contribution in [3.63, 3.8) is 0 Å². The zero-order valence-electron chi connectivity index (χ0n) is 13.4. The molecule has 3 rings (SSSR count). The maximum Gasteiger partial charge on any atom is 0.304 e. The van der Waals surface area contributed by atoms with Gasteiger partial charge < -0.3 is 15.4 Å². The van der Waals surface area contributed by atoms with Crippen molar-refractivity contribution in [2.75, 3.05) is 5.32 Å². The van der Waals surface area contributed by atoms with Crippen LogP contribution in [0.4, 0.5) is 5.69 Å². The van der Waals surface area contributed by atoms with Crippen LogP contribution < -0.4 is 10.6 Å². The van der Waals surface area contributed by atoms with E-state index in [4.69, 9.17) is 4.74 Å². The summed E-state index contributed by atoms with van der Waals surface area (Å²) in [5.41, 5.74) is -1.14. The molecule has 1 aliphatic heterocycles. The van der Waals surface area contributed by atoms with Crippen LogP contribution in [0.5, 0.6) is 0 Å². The first-order valence-electron chi connectivity index (χ1n) is 8.05. The van der Waals surface area contributed by atoms with E-state index in [1.807, 2.05) is 0 Å². The Kier molecular flexibility index (Phi) is 4.62. The van der Waals surface area contributed by atoms with Crippen molar-refractivity contribution >= 4 is 39.4 Å². The first-order chi connectivity index (χ1) is 11.4. The molecule has 128 valence electrons. The Balaban J connectivity index is 1.99. The van der Waals surface area contributed by atoms with Gasteiger partial charge >= 0.3 is 5.97 Å². The molecule has 2 aliphatic rings. The molecular weight excluding hydrogens is 376 g/mol. The van der Waals surface area contributed by atoms with Gasteiger partial charge in [0.05, 0.1) is 0 Å². The smallest absolute Gasteiger partial charge is 0.304 e. The number of fused-ring (bicyclic) bond motifs is 1. The van der Waals surface area contributed by atoms with E-state index in [1.165, 1.54) is 6.92 Å². The van der Waals surface area contributed by atoms with Crippen LogP contribution in [0.15, 0.2) is 22.7 Å². The standard InChI is InChI=1S/C17H19BrN2O4/c1-10(21)24-17(15(22)19-12-5-3-2-4-6-12)13-9-11(18)7-8-14(13)20-16(17)23/h7-9,12H,2-6H2,1H3,(H,19,22)(H,20,23). The molecule has 1 saturated carbocycles. The largest absolute Gasteiger partial charge is 0.434 e. The van der Waals surface area contributed by atoms with Crippen molar-refractivity contribution < 1.29 is 19.1 Å². The van der Waals surface area contributed by atoms with Gasteiger partial charge in [-0.15, -0.1) is 0 Å². The molecule has 1 aromatic carbocycles. The molecule has 0 radical (unpaired) electrons. The average Bonchev–Trinajstić information content (AvgIpc) is 2.81. The summed E-state index contributed by atoms with van der Waals surface area (Å²) in [6.45, 7) is 1.19. The minimum atomic E-state index is -1.97. The number of ether oxygens (including phenoxy) is 1. The Hall–Kier alpha value is -1.89. The number of anilines is 1. The number of benzene rings is 1.